The van der Waals surface area contributed by atoms with Gasteiger partial charge in [0.25, 0.3) is 5.56 Å². The number of fused-ring (bicyclic) bond motifs is 1. The van der Waals surface area contributed by atoms with Crippen molar-refractivity contribution in [3.8, 4) is 11.4 Å². The van der Waals surface area contributed by atoms with E-state index in [1.807, 2.05) is 44.2 Å². The number of aromatic nitrogens is 3. The molecule has 102 valence electrons. The number of nitrogens with one attached hydrogen (secondary N) is 1. The maximum atomic E-state index is 12.0. The lowest BCUT2D eigenvalue weighted by Gasteiger charge is -2.05. The first-order valence-corrected chi connectivity index (χ1v) is 6.34. The third kappa shape index (κ3) is 1.87. The summed E-state index contributed by atoms with van der Waals surface area (Å²) in [6, 6.07) is 9.51. The number of methoxy groups -OCH3 is 1. The monoisotopic (exact) mass is 269 g/mol. The van der Waals surface area contributed by atoms with Gasteiger partial charge in [-0.05, 0) is 44.2 Å². The van der Waals surface area contributed by atoms with E-state index in [4.69, 9.17) is 4.74 Å². The second-order valence-corrected chi connectivity index (χ2v) is 4.74. The van der Waals surface area contributed by atoms with E-state index < -0.39 is 0 Å². The number of H-pyrrole nitrogens is 1. The number of aromatic amines is 1. The van der Waals surface area contributed by atoms with Gasteiger partial charge in [-0.15, -0.1) is 0 Å². The minimum Gasteiger partial charge on any atom is -0.497 e. The second-order valence-electron chi connectivity index (χ2n) is 4.74. The Balaban J connectivity index is 2.28. The van der Waals surface area contributed by atoms with E-state index >= 15 is 0 Å². The molecular formula is C15H15N3O2. The highest BCUT2D eigenvalue weighted by Crippen LogP contribution is 2.21. The summed E-state index contributed by atoms with van der Waals surface area (Å²) in [7, 11) is 1.63. The van der Waals surface area contributed by atoms with Gasteiger partial charge in [-0.1, -0.05) is 0 Å². The molecule has 0 bridgehead atoms. The minimum atomic E-state index is -0.0998. The van der Waals surface area contributed by atoms with E-state index in [1.165, 1.54) is 0 Å². The number of benzene rings is 1. The van der Waals surface area contributed by atoms with Gasteiger partial charge in [0.15, 0.2) is 0 Å². The zero-order valence-electron chi connectivity index (χ0n) is 11.6. The Morgan fingerprint density at radius 1 is 1.20 bits per heavy atom. The number of ether oxygens (including phenoxy) is 1. The summed E-state index contributed by atoms with van der Waals surface area (Å²) in [6.45, 7) is 3.70. The van der Waals surface area contributed by atoms with E-state index in [9.17, 15) is 4.79 Å². The van der Waals surface area contributed by atoms with Crippen LogP contribution >= 0.6 is 0 Å². The molecule has 1 aromatic carbocycles. The minimum absolute atomic E-state index is 0.0998. The molecule has 0 amide bonds. The van der Waals surface area contributed by atoms with Gasteiger partial charge >= 0.3 is 0 Å². The fraction of sp³-hybridized carbons (Fsp3) is 0.200. The van der Waals surface area contributed by atoms with Gasteiger partial charge in [-0.2, -0.15) is 5.10 Å². The van der Waals surface area contributed by atoms with Gasteiger partial charge < -0.3 is 9.72 Å². The number of nitrogens with zero attached hydrogens (tertiary/aromatic N) is 2. The second kappa shape index (κ2) is 4.52. The van der Waals surface area contributed by atoms with Crippen LogP contribution in [0.25, 0.3) is 16.6 Å². The summed E-state index contributed by atoms with van der Waals surface area (Å²) >= 11 is 0. The van der Waals surface area contributed by atoms with Gasteiger partial charge in [-0.3, -0.25) is 4.79 Å². The third-order valence-electron chi connectivity index (χ3n) is 3.30. The fourth-order valence-electron chi connectivity index (χ4n) is 2.36. The van der Waals surface area contributed by atoms with Crippen LogP contribution < -0.4 is 10.3 Å². The van der Waals surface area contributed by atoms with Gasteiger partial charge in [0.05, 0.1) is 29.4 Å². The van der Waals surface area contributed by atoms with Crippen LogP contribution in [0.3, 0.4) is 0 Å². The molecule has 0 atom stereocenters. The maximum Gasteiger partial charge on any atom is 0.259 e. The lowest BCUT2D eigenvalue weighted by molar-refractivity contribution is 0.414. The first kappa shape index (κ1) is 12.5. The molecule has 2 aromatic heterocycles. The van der Waals surface area contributed by atoms with Crippen molar-refractivity contribution >= 4 is 10.9 Å². The van der Waals surface area contributed by atoms with Crippen molar-refractivity contribution in [1.29, 1.82) is 0 Å². The van der Waals surface area contributed by atoms with Crippen molar-refractivity contribution in [3.63, 3.8) is 0 Å². The quantitative estimate of drug-likeness (QED) is 0.776. The molecule has 0 fully saturated rings. The standard InChI is InChI=1S/C15H15N3O2/c1-9-8-13-14(15(19)16-9)10(2)17-18(13)11-4-6-12(20-3)7-5-11/h4-8H,1-3H3,(H,16,19). The lowest BCUT2D eigenvalue weighted by atomic mass is 10.2. The summed E-state index contributed by atoms with van der Waals surface area (Å²) in [6.07, 6.45) is 0. The molecule has 0 radical (unpaired) electrons. The molecule has 0 aliphatic carbocycles. The molecule has 0 spiro atoms. The van der Waals surface area contributed by atoms with Crippen molar-refractivity contribution in [2.75, 3.05) is 7.11 Å². The summed E-state index contributed by atoms with van der Waals surface area (Å²) < 4.78 is 6.94. The molecule has 20 heavy (non-hydrogen) atoms. The Labute approximate surface area is 115 Å². The third-order valence-corrected chi connectivity index (χ3v) is 3.30. The summed E-state index contributed by atoms with van der Waals surface area (Å²) in [5.41, 5.74) is 3.15. The molecule has 1 N–H and O–H groups in total. The van der Waals surface area contributed by atoms with Crippen LogP contribution in [0, 0.1) is 13.8 Å². The van der Waals surface area contributed by atoms with Crippen LogP contribution in [0.2, 0.25) is 0 Å². The molecule has 5 nitrogen and oxygen atoms in total. The first-order chi connectivity index (χ1) is 9.60. The molecule has 5 heteroatoms. The molecule has 0 aliphatic rings. The fourth-order valence-corrected chi connectivity index (χ4v) is 2.36. The molecule has 3 aromatic rings. The number of hydrogen-bond donors (Lipinski definition) is 1. The molecule has 3 rings (SSSR count). The molecule has 0 unspecified atom stereocenters. The smallest absolute Gasteiger partial charge is 0.259 e. The lowest BCUT2D eigenvalue weighted by Crippen LogP contribution is -2.07. The van der Waals surface area contributed by atoms with Crippen molar-refractivity contribution in [2.45, 2.75) is 13.8 Å². The van der Waals surface area contributed by atoms with Crippen LogP contribution in [0.15, 0.2) is 35.1 Å². The normalized spacial score (nSPS) is 10.9. The largest absolute Gasteiger partial charge is 0.497 e. The van der Waals surface area contributed by atoms with Gasteiger partial charge in [0.1, 0.15) is 5.75 Å². The van der Waals surface area contributed by atoms with Crippen LogP contribution in [-0.2, 0) is 0 Å². The van der Waals surface area contributed by atoms with E-state index in [-0.39, 0.29) is 5.56 Å². The zero-order valence-corrected chi connectivity index (χ0v) is 11.6. The Bertz CT molecular complexity index is 829. The summed E-state index contributed by atoms with van der Waals surface area (Å²) in [5.74, 6) is 0.788. The van der Waals surface area contributed by atoms with Gasteiger partial charge in [0, 0.05) is 5.69 Å². The molecule has 0 saturated carbocycles. The van der Waals surface area contributed by atoms with Crippen LogP contribution in [0.4, 0.5) is 0 Å². The average molecular weight is 269 g/mol. The first-order valence-electron chi connectivity index (χ1n) is 6.34. The highest BCUT2D eigenvalue weighted by Gasteiger charge is 2.12. The van der Waals surface area contributed by atoms with Gasteiger partial charge in [-0.25, -0.2) is 4.68 Å². The molecule has 0 aliphatic heterocycles. The highest BCUT2D eigenvalue weighted by molar-refractivity contribution is 5.82. The number of rotatable bonds is 2. The topological polar surface area (TPSA) is 59.9 Å². The van der Waals surface area contributed by atoms with Crippen molar-refractivity contribution in [1.82, 2.24) is 14.8 Å². The van der Waals surface area contributed by atoms with E-state index in [0.717, 1.165) is 28.3 Å². The summed E-state index contributed by atoms with van der Waals surface area (Å²) in [4.78, 5) is 14.8. The van der Waals surface area contributed by atoms with Gasteiger partial charge in [0.2, 0.25) is 0 Å². The van der Waals surface area contributed by atoms with Crippen molar-refractivity contribution in [2.24, 2.45) is 0 Å². The molecule has 2 heterocycles. The predicted molar refractivity (Wildman–Crippen MR) is 77.7 cm³/mol. The zero-order chi connectivity index (χ0) is 14.3. The maximum absolute atomic E-state index is 12.0. The Morgan fingerprint density at radius 3 is 2.55 bits per heavy atom. The van der Waals surface area contributed by atoms with Crippen molar-refractivity contribution in [3.05, 3.63) is 52.1 Å². The number of hydrogen-bond acceptors (Lipinski definition) is 3. The number of pyridine rings is 1. The Kier molecular flexibility index (Phi) is 2.82. The predicted octanol–water partition coefficient (Wildman–Crippen LogP) is 2.34. The SMILES string of the molecule is COc1ccc(-n2nc(C)c3c(=O)[nH]c(C)cc32)cc1. The highest BCUT2D eigenvalue weighted by atomic mass is 16.5. The van der Waals surface area contributed by atoms with E-state index in [0.29, 0.717) is 5.39 Å². The molecular weight excluding hydrogens is 254 g/mol. The van der Waals surface area contributed by atoms with Crippen LogP contribution in [0.5, 0.6) is 5.75 Å². The average Bonchev–Trinajstić information content (AvgIpc) is 2.76. The Hall–Kier alpha value is -2.56. The number of aryl methyl sites for hydroxylation is 2. The molecule has 0 saturated heterocycles. The van der Waals surface area contributed by atoms with Crippen molar-refractivity contribution < 1.29 is 4.74 Å². The van der Waals surface area contributed by atoms with Crippen LogP contribution in [0.1, 0.15) is 11.4 Å². The van der Waals surface area contributed by atoms with E-state index in [1.54, 1.807) is 11.8 Å². The van der Waals surface area contributed by atoms with E-state index in [2.05, 4.69) is 10.1 Å². The van der Waals surface area contributed by atoms with Crippen LogP contribution in [-0.4, -0.2) is 21.9 Å². The Morgan fingerprint density at radius 2 is 1.90 bits per heavy atom. The summed E-state index contributed by atoms with van der Waals surface area (Å²) in [5, 5.41) is 5.10.